The van der Waals surface area contributed by atoms with E-state index >= 15 is 0 Å². The Kier molecular flexibility index (Phi) is 4.76. The number of rotatable bonds is 5. The van der Waals surface area contributed by atoms with E-state index in [2.05, 4.69) is 25.2 Å². The highest BCUT2D eigenvalue weighted by Crippen LogP contribution is 2.27. The van der Waals surface area contributed by atoms with Crippen molar-refractivity contribution in [2.24, 2.45) is 0 Å². The minimum Gasteiger partial charge on any atom is -0.356 e. The molecule has 0 saturated heterocycles. The molecule has 1 N–H and O–H groups in total. The number of nitrogens with one attached hydrogen (secondary N) is 1. The second-order valence-corrected chi connectivity index (χ2v) is 7.92. The number of aromatic nitrogens is 2. The van der Waals surface area contributed by atoms with Crippen LogP contribution in [0.15, 0.2) is 53.1 Å². The van der Waals surface area contributed by atoms with E-state index in [9.17, 15) is 4.39 Å². The molecule has 4 nitrogen and oxygen atoms in total. The molecule has 2 atom stereocenters. The Bertz CT molecular complexity index is 1040. The summed E-state index contributed by atoms with van der Waals surface area (Å²) in [5.41, 5.74) is 3.80. The Labute approximate surface area is 161 Å². The highest BCUT2D eigenvalue weighted by Gasteiger charge is 2.23. The summed E-state index contributed by atoms with van der Waals surface area (Å²) in [5, 5.41) is 5.39. The molecule has 2 aromatic carbocycles. The summed E-state index contributed by atoms with van der Waals surface area (Å²) < 4.78 is 19.9. The summed E-state index contributed by atoms with van der Waals surface area (Å²) in [4.78, 5) is 6.07. The van der Waals surface area contributed by atoms with E-state index in [4.69, 9.17) is 9.51 Å². The zero-order valence-electron chi connectivity index (χ0n) is 15.5. The van der Waals surface area contributed by atoms with Crippen LogP contribution in [0.4, 0.5) is 4.39 Å². The fraction of sp³-hybridized carbons (Fsp3) is 0.238. The number of fused-ring (bicyclic) bond motifs is 1. The van der Waals surface area contributed by atoms with Crippen LogP contribution < -0.4 is 4.90 Å². The average Bonchev–Trinajstić information content (AvgIpc) is 3.26. The van der Waals surface area contributed by atoms with Crippen LogP contribution in [0, 0.1) is 12.7 Å². The monoisotopic (exact) mass is 382 g/mol. The van der Waals surface area contributed by atoms with Gasteiger partial charge in [-0.25, -0.2) is 9.37 Å². The molecule has 0 bridgehead atoms. The molecule has 0 aliphatic carbocycles. The predicted octanol–water partition coefficient (Wildman–Crippen LogP) is 4.17. The number of quaternary nitrogens is 1. The molecule has 0 spiro atoms. The molecular formula is C21H21FN3OS+. The number of nitrogens with zero attached hydrogens (tertiary/aromatic N) is 2. The first-order chi connectivity index (χ1) is 13.0. The van der Waals surface area contributed by atoms with E-state index in [1.165, 1.54) is 21.7 Å². The minimum atomic E-state index is -0.259. The quantitative estimate of drug-likeness (QED) is 0.563. The van der Waals surface area contributed by atoms with Gasteiger partial charge in [0.1, 0.15) is 24.1 Å². The van der Waals surface area contributed by atoms with Crippen molar-refractivity contribution in [2.75, 3.05) is 7.05 Å². The summed E-state index contributed by atoms with van der Waals surface area (Å²) in [6.45, 7) is 4.91. The normalized spacial score (nSPS) is 13.8. The summed E-state index contributed by atoms with van der Waals surface area (Å²) in [6.07, 6.45) is 0. The lowest BCUT2D eigenvalue weighted by atomic mass is 10.1. The van der Waals surface area contributed by atoms with Gasteiger partial charge in [0, 0.05) is 11.1 Å². The molecule has 27 heavy (non-hydrogen) atoms. The zero-order valence-corrected chi connectivity index (χ0v) is 16.3. The van der Waals surface area contributed by atoms with Crippen LogP contribution >= 0.6 is 11.3 Å². The van der Waals surface area contributed by atoms with Crippen LogP contribution in [-0.2, 0) is 6.54 Å². The van der Waals surface area contributed by atoms with Crippen molar-refractivity contribution in [3.63, 3.8) is 0 Å². The standard InChI is InChI=1S/C21H20FN3OS/c1-13-18(24-26-20(13)15-8-10-16(22)11-9-15)12-25(3)14(2)21-23-17-6-4-5-7-19(17)27-21/h4-11,14H,12H2,1-3H3/p+1/t14-/m0/s1. The Morgan fingerprint density at radius 1 is 1.15 bits per heavy atom. The van der Waals surface area contributed by atoms with Gasteiger partial charge >= 0.3 is 0 Å². The van der Waals surface area contributed by atoms with Gasteiger partial charge in [0.05, 0.1) is 17.3 Å². The Hall–Kier alpha value is -2.57. The van der Waals surface area contributed by atoms with E-state index in [0.29, 0.717) is 5.76 Å². The second kappa shape index (κ2) is 7.21. The first-order valence-electron chi connectivity index (χ1n) is 8.92. The largest absolute Gasteiger partial charge is 0.356 e. The van der Waals surface area contributed by atoms with Gasteiger partial charge in [0.25, 0.3) is 0 Å². The van der Waals surface area contributed by atoms with Gasteiger partial charge in [-0.3, -0.25) is 0 Å². The van der Waals surface area contributed by atoms with E-state index in [1.807, 2.05) is 25.1 Å². The summed E-state index contributed by atoms with van der Waals surface area (Å²) in [7, 11) is 2.14. The predicted molar refractivity (Wildman–Crippen MR) is 105 cm³/mol. The van der Waals surface area contributed by atoms with Gasteiger partial charge in [-0.2, -0.15) is 0 Å². The van der Waals surface area contributed by atoms with Gasteiger partial charge in [0.2, 0.25) is 0 Å². The summed E-state index contributed by atoms with van der Waals surface area (Å²) in [5.74, 6) is 0.440. The molecule has 2 aromatic heterocycles. The number of hydrogen-bond donors (Lipinski definition) is 1. The number of para-hydroxylation sites is 1. The van der Waals surface area contributed by atoms with Gasteiger partial charge in [-0.05, 0) is 50.2 Å². The molecule has 0 aliphatic heterocycles. The molecule has 0 saturated carbocycles. The molecular weight excluding hydrogens is 361 g/mol. The maximum absolute atomic E-state index is 13.2. The Morgan fingerprint density at radius 2 is 1.89 bits per heavy atom. The maximum Gasteiger partial charge on any atom is 0.170 e. The number of benzene rings is 2. The third-order valence-corrected chi connectivity index (χ3v) is 6.21. The van der Waals surface area contributed by atoms with Crippen LogP contribution in [0.3, 0.4) is 0 Å². The van der Waals surface area contributed by atoms with E-state index < -0.39 is 0 Å². The molecule has 2 heterocycles. The maximum atomic E-state index is 13.2. The lowest BCUT2D eigenvalue weighted by Crippen LogP contribution is -3.07. The smallest absolute Gasteiger partial charge is 0.170 e. The molecule has 4 aromatic rings. The van der Waals surface area contributed by atoms with E-state index in [-0.39, 0.29) is 11.9 Å². The van der Waals surface area contributed by atoms with Crippen molar-refractivity contribution < 1.29 is 13.8 Å². The van der Waals surface area contributed by atoms with Crippen molar-refractivity contribution in [2.45, 2.75) is 26.4 Å². The molecule has 0 radical (unpaired) electrons. The summed E-state index contributed by atoms with van der Waals surface area (Å²) >= 11 is 1.74. The molecule has 0 aliphatic rings. The van der Waals surface area contributed by atoms with Crippen LogP contribution in [0.25, 0.3) is 21.5 Å². The molecule has 1 unspecified atom stereocenters. The van der Waals surface area contributed by atoms with Crippen LogP contribution in [-0.4, -0.2) is 17.2 Å². The second-order valence-electron chi connectivity index (χ2n) is 6.85. The molecule has 138 valence electrons. The van der Waals surface area contributed by atoms with Gasteiger partial charge in [-0.1, -0.05) is 17.3 Å². The van der Waals surface area contributed by atoms with Crippen LogP contribution in [0.1, 0.15) is 29.2 Å². The number of hydrogen-bond acceptors (Lipinski definition) is 4. The lowest BCUT2D eigenvalue weighted by Gasteiger charge is -2.18. The topological polar surface area (TPSA) is 43.4 Å². The van der Waals surface area contributed by atoms with Gasteiger partial charge in [0.15, 0.2) is 10.8 Å². The average molecular weight is 382 g/mol. The van der Waals surface area contributed by atoms with E-state index in [1.54, 1.807) is 23.5 Å². The van der Waals surface area contributed by atoms with Crippen molar-refractivity contribution in [1.82, 2.24) is 10.1 Å². The SMILES string of the molecule is Cc1c(C[NH+](C)[C@@H](C)c2nc3ccccc3s2)noc1-c1ccc(F)cc1. The zero-order chi connectivity index (χ0) is 19.0. The highest BCUT2D eigenvalue weighted by atomic mass is 32.1. The van der Waals surface area contributed by atoms with Crippen LogP contribution in [0.5, 0.6) is 0 Å². The molecule has 0 fully saturated rings. The fourth-order valence-corrected chi connectivity index (χ4v) is 4.22. The van der Waals surface area contributed by atoms with Gasteiger partial charge < -0.3 is 9.42 Å². The van der Waals surface area contributed by atoms with Crippen molar-refractivity contribution in [3.8, 4) is 11.3 Å². The highest BCUT2D eigenvalue weighted by molar-refractivity contribution is 7.18. The molecule has 0 amide bonds. The molecule has 6 heteroatoms. The van der Waals surface area contributed by atoms with E-state index in [0.717, 1.165) is 33.9 Å². The Balaban J connectivity index is 1.54. The first kappa shape index (κ1) is 17.8. The third kappa shape index (κ3) is 3.50. The first-order valence-corrected chi connectivity index (χ1v) is 9.73. The third-order valence-electron chi connectivity index (χ3n) is 4.99. The Morgan fingerprint density at radius 3 is 2.63 bits per heavy atom. The number of thiazole rings is 1. The number of halogens is 1. The van der Waals surface area contributed by atoms with Crippen molar-refractivity contribution >= 4 is 21.6 Å². The lowest BCUT2D eigenvalue weighted by molar-refractivity contribution is -0.924. The van der Waals surface area contributed by atoms with Crippen molar-refractivity contribution in [1.29, 1.82) is 0 Å². The van der Waals surface area contributed by atoms with Gasteiger partial charge in [-0.15, -0.1) is 11.3 Å². The minimum absolute atomic E-state index is 0.243. The summed E-state index contributed by atoms with van der Waals surface area (Å²) in [6, 6.07) is 14.8. The fourth-order valence-electron chi connectivity index (χ4n) is 3.11. The van der Waals surface area contributed by atoms with Crippen LogP contribution in [0.2, 0.25) is 0 Å². The van der Waals surface area contributed by atoms with Crippen molar-refractivity contribution in [3.05, 3.63) is 70.6 Å². The molecule has 4 rings (SSSR count).